The van der Waals surface area contributed by atoms with Crippen LogP contribution in [0.3, 0.4) is 0 Å². The maximum Gasteiger partial charge on any atom is 0.296 e. The molecule has 2 aliphatic heterocycles. The van der Waals surface area contributed by atoms with E-state index in [0.717, 1.165) is 29.8 Å². The fraction of sp³-hybridized carbons (Fsp3) is 0.538. The van der Waals surface area contributed by atoms with E-state index >= 15 is 0 Å². The van der Waals surface area contributed by atoms with E-state index in [4.69, 9.17) is 9.47 Å². The van der Waals surface area contributed by atoms with Crippen molar-refractivity contribution in [3.63, 3.8) is 0 Å². The van der Waals surface area contributed by atoms with Gasteiger partial charge in [0.2, 0.25) is 5.13 Å². The average molecular weight is 482 g/mol. The molecule has 5 rings (SSSR count). The second kappa shape index (κ2) is 8.80. The molecule has 0 spiro atoms. The Bertz CT molecular complexity index is 1160. The highest BCUT2D eigenvalue weighted by atomic mass is 32.1. The zero-order valence-corrected chi connectivity index (χ0v) is 21.1. The van der Waals surface area contributed by atoms with Crippen molar-refractivity contribution in [2.24, 2.45) is 23.7 Å². The van der Waals surface area contributed by atoms with Crippen LogP contribution in [0.5, 0.6) is 5.75 Å². The second-order valence-electron chi connectivity index (χ2n) is 10.2. The van der Waals surface area contributed by atoms with Crippen LogP contribution in [0.4, 0.5) is 5.13 Å². The van der Waals surface area contributed by atoms with Crippen molar-refractivity contribution < 1.29 is 19.1 Å². The highest BCUT2D eigenvalue weighted by molar-refractivity contribution is 7.15. The van der Waals surface area contributed by atoms with E-state index in [9.17, 15) is 9.59 Å². The lowest BCUT2D eigenvalue weighted by atomic mass is 9.70. The van der Waals surface area contributed by atoms with E-state index in [-0.39, 0.29) is 29.5 Å². The van der Waals surface area contributed by atoms with Gasteiger partial charge in [0.25, 0.3) is 5.91 Å². The molecule has 0 bridgehead atoms. The molecule has 0 N–H and O–H groups in total. The number of carbonyl (C=O) groups excluding carboxylic acids is 2. The number of amides is 1. The summed E-state index contributed by atoms with van der Waals surface area (Å²) in [5, 5.41) is 10.1. The number of methoxy groups -OCH3 is 1. The number of nitrogens with zero attached hydrogens (tertiary/aromatic N) is 3. The summed E-state index contributed by atoms with van der Waals surface area (Å²) in [4.78, 5) is 29.3. The molecule has 3 heterocycles. The van der Waals surface area contributed by atoms with Crippen LogP contribution in [0, 0.1) is 23.7 Å². The normalized spacial score (nSPS) is 28.8. The van der Waals surface area contributed by atoms with Crippen LogP contribution >= 0.6 is 11.3 Å². The minimum absolute atomic E-state index is 0.0283. The number of ketones is 1. The van der Waals surface area contributed by atoms with Gasteiger partial charge in [-0.2, -0.15) is 0 Å². The number of anilines is 1. The topological polar surface area (TPSA) is 81.6 Å². The number of rotatable bonds is 5. The predicted octanol–water partition coefficient (Wildman–Crippen LogP) is 4.74. The summed E-state index contributed by atoms with van der Waals surface area (Å²) in [7, 11) is 1.61. The van der Waals surface area contributed by atoms with Gasteiger partial charge in [0.05, 0.1) is 24.6 Å². The van der Waals surface area contributed by atoms with Crippen LogP contribution in [-0.4, -0.2) is 35.1 Å². The van der Waals surface area contributed by atoms with Crippen molar-refractivity contribution >= 4 is 28.2 Å². The third-order valence-electron chi connectivity index (χ3n) is 7.37. The summed E-state index contributed by atoms with van der Waals surface area (Å²) in [5.41, 5.74) is 1.24. The lowest BCUT2D eigenvalue weighted by Crippen LogP contribution is -2.43. The molecule has 34 heavy (non-hydrogen) atoms. The van der Waals surface area contributed by atoms with Crippen LogP contribution in [0.2, 0.25) is 0 Å². The zero-order valence-electron chi connectivity index (χ0n) is 20.3. The highest BCUT2D eigenvalue weighted by Crippen LogP contribution is 2.50. The number of aromatic nitrogens is 2. The fourth-order valence-corrected chi connectivity index (χ4v) is 6.44. The van der Waals surface area contributed by atoms with Crippen molar-refractivity contribution in [3.8, 4) is 5.75 Å². The summed E-state index contributed by atoms with van der Waals surface area (Å²) in [6, 6.07) is 6.92. The van der Waals surface area contributed by atoms with Gasteiger partial charge in [-0.05, 0) is 48.3 Å². The first-order chi connectivity index (χ1) is 16.3. The molecule has 1 amide bonds. The van der Waals surface area contributed by atoms with Gasteiger partial charge in [-0.3, -0.25) is 14.5 Å². The average Bonchev–Trinajstić information content (AvgIpc) is 3.37. The van der Waals surface area contributed by atoms with Gasteiger partial charge in [0.1, 0.15) is 16.9 Å². The van der Waals surface area contributed by atoms with E-state index in [0.29, 0.717) is 34.2 Å². The Labute approximate surface area is 204 Å². The third kappa shape index (κ3) is 3.82. The van der Waals surface area contributed by atoms with Gasteiger partial charge in [0.15, 0.2) is 11.5 Å². The molecule has 1 aliphatic carbocycles. The monoisotopic (exact) mass is 481 g/mol. The summed E-state index contributed by atoms with van der Waals surface area (Å²) in [6.07, 6.45) is 2.09. The highest BCUT2D eigenvalue weighted by Gasteiger charge is 2.54. The van der Waals surface area contributed by atoms with Crippen molar-refractivity contribution in [2.45, 2.75) is 59.1 Å². The zero-order chi connectivity index (χ0) is 24.1. The Kier molecular flexibility index (Phi) is 5.96. The molecule has 0 saturated heterocycles. The molecule has 3 aliphatic rings. The number of fused-ring (bicyclic) bond motifs is 1. The minimum Gasteiger partial charge on any atom is -0.497 e. The van der Waals surface area contributed by atoms with E-state index in [1.807, 2.05) is 24.3 Å². The van der Waals surface area contributed by atoms with Crippen molar-refractivity contribution in [3.05, 3.63) is 46.2 Å². The first kappa shape index (κ1) is 23.0. The van der Waals surface area contributed by atoms with Gasteiger partial charge >= 0.3 is 0 Å². The van der Waals surface area contributed by atoms with Gasteiger partial charge in [-0.25, -0.2) is 0 Å². The van der Waals surface area contributed by atoms with Gasteiger partial charge in [-0.1, -0.05) is 51.2 Å². The molecular formula is C26H31N3O4S. The number of hydrogen-bond acceptors (Lipinski definition) is 7. The van der Waals surface area contributed by atoms with Crippen LogP contribution < -0.4 is 9.64 Å². The number of carbonyl (C=O) groups is 2. The number of hydrogen-bond donors (Lipinski definition) is 0. The molecule has 5 unspecified atom stereocenters. The molecular weight excluding hydrogens is 450 g/mol. The lowest BCUT2D eigenvalue weighted by Gasteiger charge is -2.40. The van der Waals surface area contributed by atoms with Crippen molar-refractivity contribution in [2.75, 3.05) is 12.0 Å². The Hall–Kier alpha value is -2.74. The quantitative estimate of drug-likeness (QED) is 0.614. The standard InChI is InChI=1S/C26H31N3O4S/c1-13(2)9-20-27-28-26(34-20)29-22(16-7-6-8-17(12-16)32-5)21-23(30)18-10-14(3)15(4)11-19(18)33-24(21)25(29)31/h6-8,12-15,18-19,22H,9-11H2,1-5H3. The Balaban J connectivity index is 1.60. The van der Waals surface area contributed by atoms with E-state index in [1.165, 1.54) is 11.3 Å². The first-order valence-corrected chi connectivity index (χ1v) is 12.8. The molecule has 1 aromatic carbocycles. The number of benzene rings is 1. The van der Waals surface area contributed by atoms with Crippen LogP contribution in [0.15, 0.2) is 35.6 Å². The summed E-state index contributed by atoms with van der Waals surface area (Å²) in [5.74, 6) is 1.64. The summed E-state index contributed by atoms with van der Waals surface area (Å²) < 4.78 is 11.8. The Morgan fingerprint density at radius 2 is 1.94 bits per heavy atom. The van der Waals surface area contributed by atoms with Gasteiger partial charge in [0, 0.05) is 6.42 Å². The van der Waals surface area contributed by atoms with Gasteiger partial charge < -0.3 is 9.47 Å². The predicted molar refractivity (Wildman–Crippen MR) is 130 cm³/mol. The first-order valence-electron chi connectivity index (χ1n) is 12.0. The van der Waals surface area contributed by atoms with Crippen molar-refractivity contribution in [1.29, 1.82) is 0 Å². The van der Waals surface area contributed by atoms with Crippen LogP contribution in [0.1, 0.15) is 57.1 Å². The molecule has 1 fully saturated rings. The van der Waals surface area contributed by atoms with Crippen LogP contribution in [0.25, 0.3) is 0 Å². The smallest absolute Gasteiger partial charge is 0.296 e. The molecule has 8 heteroatoms. The molecule has 2 aromatic rings. The maximum atomic E-state index is 13.9. The molecule has 180 valence electrons. The summed E-state index contributed by atoms with van der Waals surface area (Å²) in [6.45, 7) is 8.63. The van der Waals surface area contributed by atoms with Gasteiger partial charge in [-0.15, -0.1) is 10.2 Å². The summed E-state index contributed by atoms with van der Waals surface area (Å²) >= 11 is 1.40. The molecule has 1 aromatic heterocycles. The number of Topliss-reactive ketones (excluding diaryl/α,β-unsaturated/α-hetero) is 1. The lowest BCUT2D eigenvalue weighted by molar-refractivity contribution is -0.134. The fourth-order valence-electron chi connectivity index (χ4n) is 5.36. The molecule has 1 saturated carbocycles. The Morgan fingerprint density at radius 1 is 1.18 bits per heavy atom. The molecule has 5 atom stereocenters. The van der Waals surface area contributed by atoms with E-state index in [1.54, 1.807) is 12.0 Å². The SMILES string of the molecule is COc1cccc(C2C3=C(OC4CC(C)C(C)CC4C3=O)C(=O)N2c2nnc(CC(C)C)s2)c1. The van der Waals surface area contributed by atoms with Crippen LogP contribution in [-0.2, 0) is 20.7 Å². The molecule has 0 radical (unpaired) electrons. The van der Waals surface area contributed by atoms with E-state index < -0.39 is 6.04 Å². The van der Waals surface area contributed by atoms with E-state index in [2.05, 4.69) is 37.9 Å². The second-order valence-corrected chi connectivity index (χ2v) is 11.3. The largest absolute Gasteiger partial charge is 0.497 e. The third-order valence-corrected chi connectivity index (χ3v) is 8.31. The Morgan fingerprint density at radius 3 is 2.68 bits per heavy atom. The number of ether oxygens (including phenoxy) is 2. The molecule has 7 nitrogen and oxygen atoms in total. The maximum absolute atomic E-state index is 13.9. The van der Waals surface area contributed by atoms with Crippen molar-refractivity contribution in [1.82, 2.24) is 10.2 Å². The minimum atomic E-state index is -0.611.